The Kier molecular flexibility index (Phi) is 4.21. The lowest BCUT2D eigenvalue weighted by Gasteiger charge is -2.07. The van der Waals surface area contributed by atoms with Crippen molar-refractivity contribution in [3.63, 3.8) is 0 Å². The highest BCUT2D eigenvalue weighted by Crippen LogP contribution is 1.95. The summed E-state index contributed by atoms with van der Waals surface area (Å²) in [4.78, 5) is 4.04. The van der Waals surface area contributed by atoms with Gasteiger partial charge in [0.25, 0.3) is 0 Å². The van der Waals surface area contributed by atoms with Crippen LogP contribution in [0.25, 0.3) is 0 Å². The second-order valence-corrected chi connectivity index (χ2v) is 4.97. The van der Waals surface area contributed by atoms with Crippen LogP contribution in [-0.2, 0) is 17.3 Å². The number of aromatic nitrogens is 2. The van der Waals surface area contributed by atoms with Gasteiger partial charge in [0.1, 0.15) is 0 Å². The molecule has 14 heavy (non-hydrogen) atoms. The molecule has 0 aliphatic heterocycles. The fraction of sp³-hybridized carbons (Fsp3) is 0.750. The summed E-state index contributed by atoms with van der Waals surface area (Å²) in [5, 5.41) is 6.99. The highest BCUT2D eigenvalue weighted by atomic mass is 32.2. The van der Waals surface area contributed by atoms with Gasteiger partial charge in [-0.15, -0.1) is 0 Å². The maximum absolute atomic E-state index is 11.0. The number of hydrogen-bond donors (Lipinski definition) is 1. The summed E-state index contributed by atoms with van der Waals surface area (Å²) >= 11 is 0. The minimum absolute atomic E-state index is 0.142. The average molecular weight is 217 g/mol. The van der Waals surface area contributed by atoms with Crippen LogP contribution in [0.5, 0.6) is 0 Å². The molecule has 1 heterocycles. The standard InChI is InChI=1S/C8H15N3O2S/c1-6(14(3)12)4-9-5-8-10-7(2)13-11-8/h6,9H,4-5H2,1-3H3. The van der Waals surface area contributed by atoms with Crippen LogP contribution in [0.15, 0.2) is 4.52 Å². The Balaban J connectivity index is 2.25. The molecule has 5 nitrogen and oxygen atoms in total. The van der Waals surface area contributed by atoms with Crippen molar-refractivity contribution in [2.75, 3.05) is 12.8 Å². The third-order valence-electron chi connectivity index (χ3n) is 1.85. The van der Waals surface area contributed by atoms with Crippen LogP contribution in [-0.4, -0.2) is 32.4 Å². The molecule has 2 unspecified atom stereocenters. The Hall–Kier alpha value is -0.750. The third kappa shape index (κ3) is 3.55. The molecule has 0 radical (unpaired) electrons. The van der Waals surface area contributed by atoms with Gasteiger partial charge in [-0.2, -0.15) is 4.98 Å². The van der Waals surface area contributed by atoms with Gasteiger partial charge in [-0.3, -0.25) is 4.21 Å². The molecule has 0 saturated heterocycles. The Labute approximate surface area is 85.7 Å². The van der Waals surface area contributed by atoms with E-state index in [1.165, 1.54) is 0 Å². The topological polar surface area (TPSA) is 68.0 Å². The van der Waals surface area contributed by atoms with Gasteiger partial charge in [0.2, 0.25) is 5.89 Å². The molecule has 6 heteroatoms. The number of aryl methyl sites for hydroxylation is 1. The molecule has 0 aliphatic rings. The summed E-state index contributed by atoms with van der Waals surface area (Å²) < 4.78 is 15.8. The van der Waals surface area contributed by atoms with E-state index < -0.39 is 10.8 Å². The second-order valence-electron chi connectivity index (χ2n) is 3.17. The first kappa shape index (κ1) is 11.3. The molecule has 0 amide bonds. The summed E-state index contributed by atoms with van der Waals surface area (Å²) in [6.07, 6.45) is 1.70. The zero-order valence-corrected chi connectivity index (χ0v) is 9.43. The van der Waals surface area contributed by atoms with Gasteiger partial charge in [0, 0.05) is 35.8 Å². The Bertz CT molecular complexity index is 313. The van der Waals surface area contributed by atoms with Gasteiger partial charge in [0.05, 0.1) is 6.54 Å². The van der Waals surface area contributed by atoms with E-state index in [1.54, 1.807) is 13.2 Å². The van der Waals surface area contributed by atoms with E-state index in [0.717, 1.165) is 0 Å². The van der Waals surface area contributed by atoms with Crippen LogP contribution >= 0.6 is 0 Å². The minimum atomic E-state index is -0.790. The summed E-state index contributed by atoms with van der Waals surface area (Å²) in [6, 6.07) is 0. The van der Waals surface area contributed by atoms with E-state index in [0.29, 0.717) is 24.8 Å². The third-order valence-corrected chi connectivity index (χ3v) is 3.15. The fourth-order valence-electron chi connectivity index (χ4n) is 0.918. The highest BCUT2D eigenvalue weighted by molar-refractivity contribution is 7.84. The van der Waals surface area contributed by atoms with E-state index in [-0.39, 0.29) is 5.25 Å². The number of hydrogen-bond acceptors (Lipinski definition) is 5. The molecule has 0 bridgehead atoms. The van der Waals surface area contributed by atoms with Crippen LogP contribution in [0.3, 0.4) is 0 Å². The fourth-order valence-corrected chi connectivity index (χ4v) is 1.27. The maximum atomic E-state index is 11.0. The molecule has 0 saturated carbocycles. The van der Waals surface area contributed by atoms with Crippen molar-refractivity contribution in [3.8, 4) is 0 Å². The van der Waals surface area contributed by atoms with E-state index in [2.05, 4.69) is 15.5 Å². The van der Waals surface area contributed by atoms with Crippen LogP contribution in [0, 0.1) is 6.92 Å². The van der Waals surface area contributed by atoms with Crippen LogP contribution in [0.1, 0.15) is 18.6 Å². The molecule has 0 aliphatic carbocycles. The molecule has 0 fully saturated rings. The molecule has 0 spiro atoms. The van der Waals surface area contributed by atoms with Gasteiger partial charge in [-0.1, -0.05) is 5.16 Å². The Morgan fingerprint density at radius 3 is 2.86 bits per heavy atom. The molecule has 1 N–H and O–H groups in total. The van der Waals surface area contributed by atoms with Crippen molar-refractivity contribution in [1.82, 2.24) is 15.5 Å². The number of rotatable bonds is 5. The molecule has 1 rings (SSSR count). The lowest BCUT2D eigenvalue weighted by Crippen LogP contribution is -2.27. The van der Waals surface area contributed by atoms with Crippen molar-refractivity contribution in [3.05, 3.63) is 11.7 Å². The van der Waals surface area contributed by atoms with Gasteiger partial charge in [-0.05, 0) is 6.92 Å². The largest absolute Gasteiger partial charge is 0.340 e. The quantitative estimate of drug-likeness (QED) is 0.765. The monoisotopic (exact) mass is 217 g/mol. The van der Waals surface area contributed by atoms with Crippen molar-refractivity contribution in [1.29, 1.82) is 0 Å². The number of nitrogens with zero attached hydrogens (tertiary/aromatic N) is 2. The minimum Gasteiger partial charge on any atom is -0.340 e. The molecule has 80 valence electrons. The van der Waals surface area contributed by atoms with E-state index in [1.807, 2.05) is 6.92 Å². The van der Waals surface area contributed by atoms with Crippen molar-refractivity contribution in [2.24, 2.45) is 0 Å². The summed E-state index contributed by atoms with van der Waals surface area (Å²) in [7, 11) is -0.790. The van der Waals surface area contributed by atoms with Crippen molar-refractivity contribution < 1.29 is 8.73 Å². The summed E-state index contributed by atoms with van der Waals surface area (Å²) in [5.41, 5.74) is 0. The van der Waals surface area contributed by atoms with Crippen LogP contribution < -0.4 is 5.32 Å². The summed E-state index contributed by atoms with van der Waals surface area (Å²) in [5.74, 6) is 1.20. The average Bonchev–Trinajstić information content (AvgIpc) is 2.51. The smallest absolute Gasteiger partial charge is 0.223 e. The number of nitrogens with one attached hydrogen (secondary N) is 1. The molecule has 1 aromatic rings. The van der Waals surface area contributed by atoms with Crippen molar-refractivity contribution >= 4 is 10.8 Å². The lowest BCUT2D eigenvalue weighted by atomic mass is 10.4. The van der Waals surface area contributed by atoms with Crippen LogP contribution in [0.2, 0.25) is 0 Å². The summed E-state index contributed by atoms with van der Waals surface area (Å²) in [6.45, 7) is 4.93. The molecule has 0 aromatic carbocycles. The van der Waals surface area contributed by atoms with Gasteiger partial charge in [0.15, 0.2) is 5.82 Å². The normalized spacial score (nSPS) is 15.4. The zero-order valence-electron chi connectivity index (χ0n) is 8.61. The first-order valence-electron chi connectivity index (χ1n) is 4.41. The zero-order chi connectivity index (χ0) is 10.6. The lowest BCUT2D eigenvalue weighted by molar-refractivity contribution is 0.385. The highest BCUT2D eigenvalue weighted by Gasteiger charge is 2.06. The van der Waals surface area contributed by atoms with Gasteiger partial charge >= 0.3 is 0 Å². The van der Waals surface area contributed by atoms with Crippen molar-refractivity contribution in [2.45, 2.75) is 25.6 Å². The first-order chi connectivity index (χ1) is 6.59. The predicted octanol–water partition coefficient (Wildman–Crippen LogP) is 0.235. The van der Waals surface area contributed by atoms with Crippen LogP contribution in [0.4, 0.5) is 0 Å². The first-order valence-corrected chi connectivity index (χ1v) is 6.04. The SMILES string of the molecule is Cc1nc(CNCC(C)S(C)=O)no1. The predicted molar refractivity (Wildman–Crippen MR) is 54.3 cm³/mol. The van der Waals surface area contributed by atoms with Gasteiger partial charge in [-0.25, -0.2) is 0 Å². The molecule has 1 aromatic heterocycles. The molecule has 2 atom stereocenters. The Morgan fingerprint density at radius 1 is 1.64 bits per heavy atom. The maximum Gasteiger partial charge on any atom is 0.223 e. The van der Waals surface area contributed by atoms with E-state index in [4.69, 9.17) is 4.52 Å². The molecular weight excluding hydrogens is 202 g/mol. The van der Waals surface area contributed by atoms with E-state index >= 15 is 0 Å². The van der Waals surface area contributed by atoms with E-state index in [9.17, 15) is 4.21 Å². The van der Waals surface area contributed by atoms with Gasteiger partial charge < -0.3 is 9.84 Å². The Morgan fingerprint density at radius 2 is 2.36 bits per heavy atom. The molecular formula is C8H15N3O2S. The second kappa shape index (κ2) is 5.21.